The number of carbonyl (C=O) groups excluding carboxylic acids is 1. The predicted molar refractivity (Wildman–Crippen MR) is 112 cm³/mol. The van der Waals surface area contributed by atoms with Crippen molar-refractivity contribution in [1.29, 1.82) is 0 Å². The standard InChI is InChI=1S/C22H43NO6/c1-2-3-4-5-6-7-8-9-10-11-12-13-14-15-18(25)23-22-21(28)20(27)19(26)17(16-24)29-22/h17,19-22,24,26-28H,2-16H2,1H3,(H,23,25)/t17-,19-,20+,21-,22?/m1/s1/i14D/t14?,17-,19-,20+,21-,22?. The van der Waals surface area contributed by atoms with E-state index in [4.69, 9.17) is 6.11 Å². The lowest BCUT2D eigenvalue weighted by Crippen LogP contribution is -2.63. The van der Waals surface area contributed by atoms with Gasteiger partial charge in [0.15, 0.2) is 6.23 Å². The maximum Gasteiger partial charge on any atom is 0.222 e. The molecule has 0 spiro atoms. The third kappa shape index (κ3) is 10.7. The van der Waals surface area contributed by atoms with Crippen molar-refractivity contribution < 1.29 is 31.3 Å². The van der Waals surface area contributed by atoms with Gasteiger partial charge in [0.05, 0.1) is 6.61 Å². The van der Waals surface area contributed by atoms with Crippen LogP contribution in [0, 0.1) is 0 Å². The number of unbranched alkanes of at least 4 members (excludes halogenated alkanes) is 10. The maximum atomic E-state index is 12.1. The van der Waals surface area contributed by atoms with Gasteiger partial charge in [-0.2, -0.15) is 0 Å². The van der Waals surface area contributed by atoms with Crippen LogP contribution >= 0.6 is 0 Å². The van der Waals surface area contributed by atoms with Gasteiger partial charge in [0.2, 0.25) is 5.91 Å². The second kappa shape index (κ2) is 16.0. The lowest BCUT2D eigenvalue weighted by molar-refractivity contribution is -0.236. The van der Waals surface area contributed by atoms with Gasteiger partial charge < -0.3 is 30.5 Å². The molecule has 1 aliphatic rings. The molecule has 6 atom stereocenters. The van der Waals surface area contributed by atoms with Crippen molar-refractivity contribution >= 4 is 5.91 Å². The minimum absolute atomic E-state index is 0.0211. The summed E-state index contributed by atoms with van der Waals surface area (Å²) in [4.78, 5) is 12.1. The van der Waals surface area contributed by atoms with Gasteiger partial charge in [-0.15, -0.1) is 0 Å². The summed E-state index contributed by atoms with van der Waals surface area (Å²) < 4.78 is 13.3. The highest BCUT2D eigenvalue weighted by Gasteiger charge is 2.43. The van der Waals surface area contributed by atoms with Crippen LogP contribution in [-0.2, 0) is 9.53 Å². The van der Waals surface area contributed by atoms with Gasteiger partial charge >= 0.3 is 0 Å². The molecule has 1 aliphatic heterocycles. The van der Waals surface area contributed by atoms with E-state index in [1.54, 1.807) is 0 Å². The summed E-state index contributed by atoms with van der Waals surface area (Å²) >= 11 is 0. The zero-order chi connectivity index (χ0) is 22.4. The molecule has 0 bridgehead atoms. The van der Waals surface area contributed by atoms with E-state index in [9.17, 15) is 25.2 Å². The first-order chi connectivity index (χ1) is 14.4. The molecule has 1 rings (SSSR count). The molecule has 0 aromatic rings. The lowest BCUT2D eigenvalue weighted by Gasteiger charge is -2.40. The van der Waals surface area contributed by atoms with Crippen LogP contribution in [0.3, 0.4) is 0 Å². The number of hydrogen-bond acceptors (Lipinski definition) is 6. The highest BCUT2D eigenvalue weighted by atomic mass is 16.6. The summed E-state index contributed by atoms with van der Waals surface area (Å²) in [6, 6.07) is 0. The minimum Gasteiger partial charge on any atom is -0.394 e. The summed E-state index contributed by atoms with van der Waals surface area (Å²) in [5, 5.41) is 41.1. The first-order valence-corrected chi connectivity index (χ1v) is 11.4. The third-order valence-electron chi connectivity index (χ3n) is 5.54. The van der Waals surface area contributed by atoms with Crippen LogP contribution in [0.2, 0.25) is 0 Å². The summed E-state index contributed by atoms with van der Waals surface area (Å²) in [6.07, 6.45) is 6.95. The van der Waals surface area contributed by atoms with Crippen molar-refractivity contribution in [3.05, 3.63) is 0 Å². The summed E-state index contributed by atoms with van der Waals surface area (Å²) in [6.45, 7) is 1.69. The average molecular weight is 419 g/mol. The Bertz CT molecular complexity index is 453. The molecule has 2 unspecified atom stereocenters. The Morgan fingerprint density at radius 1 is 0.862 bits per heavy atom. The molecule has 1 heterocycles. The Balaban J connectivity index is 2.10. The number of aliphatic hydroxyl groups excluding tert-OH is 4. The maximum absolute atomic E-state index is 12.1. The molecule has 29 heavy (non-hydrogen) atoms. The number of amides is 1. The van der Waals surface area contributed by atoms with Crippen molar-refractivity contribution in [2.75, 3.05) is 6.61 Å². The van der Waals surface area contributed by atoms with E-state index in [2.05, 4.69) is 12.2 Å². The van der Waals surface area contributed by atoms with Gasteiger partial charge in [-0.1, -0.05) is 84.0 Å². The first-order valence-electron chi connectivity index (χ1n) is 12.0. The summed E-state index contributed by atoms with van der Waals surface area (Å²) in [5.41, 5.74) is 0. The SMILES string of the molecule is [2H]C(CCCCCCCCCCCCC)CC(=O)NC1O[C@H](CO)[C@@H](O)[C@H](O)[C@H]1O. The zero-order valence-corrected chi connectivity index (χ0v) is 18.0. The topological polar surface area (TPSA) is 119 Å². The van der Waals surface area contributed by atoms with Crippen molar-refractivity contribution in [3.63, 3.8) is 0 Å². The fourth-order valence-electron chi connectivity index (χ4n) is 3.62. The highest BCUT2D eigenvalue weighted by molar-refractivity contribution is 5.76. The van der Waals surface area contributed by atoms with Crippen LogP contribution in [0.4, 0.5) is 0 Å². The van der Waals surface area contributed by atoms with Gasteiger partial charge in [-0.05, 0) is 6.40 Å². The molecule has 0 saturated carbocycles. The second-order valence-electron chi connectivity index (χ2n) is 8.13. The van der Waals surface area contributed by atoms with Crippen molar-refractivity contribution in [2.24, 2.45) is 0 Å². The number of rotatable bonds is 16. The Morgan fingerprint density at radius 2 is 1.38 bits per heavy atom. The zero-order valence-electron chi connectivity index (χ0n) is 19.0. The molecule has 5 N–H and O–H groups in total. The largest absolute Gasteiger partial charge is 0.394 e. The number of hydrogen-bond donors (Lipinski definition) is 5. The second-order valence-corrected chi connectivity index (χ2v) is 8.13. The lowest BCUT2D eigenvalue weighted by atomic mass is 9.98. The van der Waals surface area contributed by atoms with E-state index in [1.165, 1.54) is 57.8 Å². The third-order valence-corrected chi connectivity index (χ3v) is 5.54. The van der Waals surface area contributed by atoms with Gasteiger partial charge in [0, 0.05) is 7.79 Å². The molecule has 7 heteroatoms. The van der Waals surface area contributed by atoms with Crippen LogP contribution in [0.5, 0.6) is 0 Å². The fraction of sp³-hybridized carbons (Fsp3) is 0.955. The Kier molecular flexibility index (Phi) is 13.6. The van der Waals surface area contributed by atoms with Crippen LogP contribution in [0.25, 0.3) is 0 Å². The highest BCUT2D eigenvalue weighted by Crippen LogP contribution is 2.20. The van der Waals surface area contributed by atoms with E-state index < -0.39 is 49.6 Å². The van der Waals surface area contributed by atoms with E-state index in [0.29, 0.717) is 6.42 Å². The van der Waals surface area contributed by atoms with Gasteiger partial charge in [-0.3, -0.25) is 4.79 Å². The molecule has 0 aromatic carbocycles. The first kappa shape index (κ1) is 24.5. The molecular formula is C22H43NO6. The van der Waals surface area contributed by atoms with Crippen LogP contribution < -0.4 is 5.32 Å². The summed E-state index contributed by atoms with van der Waals surface area (Å²) in [7, 11) is 0. The normalized spacial score (nSPS) is 28.7. The molecule has 0 aliphatic carbocycles. The summed E-state index contributed by atoms with van der Waals surface area (Å²) in [5.74, 6) is -0.456. The quantitative estimate of drug-likeness (QED) is 0.246. The molecular weight excluding hydrogens is 374 g/mol. The number of aliphatic hydroxyl groups is 4. The fourth-order valence-corrected chi connectivity index (χ4v) is 3.62. The Labute approximate surface area is 177 Å². The minimum atomic E-state index is -1.52. The smallest absolute Gasteiger partial charge is 0.222 e. The van der Waals surface area contributed by atoms with E-state index >= 15 is 0 Å². The molecule has 1 saturated heterocycles. The van der Waals surface area contributed by atoms with Crippen LogP contribution in [0.1, 0.15) is 98.2 Å². The molecule has 0 radical (unpaired) electrons. The van der Waals surface area contributed by atoms with Gasteiger partial charge in [-0.25, -0.2) is 0 Å². The molecule has 172 valence electrons. The monoisotopic (exact) mass is 418 g/mol. The van der Waals surface area contributed by atoms with E-state index in [0.717, 1.165) is 12.8 Å². The number of nitrogens with one attached hydrogen (secondary N) is 1. The van der Waals surface area contributed by atoms with Crippen LogP contribution in [-0.4, -0.2) is 63.6 Å². The average Bonchev–Trinajstić information content (AvgIpc) is 2.72. The molecule has 1 fully saturated rings. The Hall–Kier alpha value is -0.730. The molecule has 1 amide bonds. The predicted octanol–water partition coefficient (Wildman–Crippen LogP) is 2.38. The molecule has 7 nitrogen and oxygen atoms in total. The van der Waals surface area contributed by atoms with Gasteiger partial charge in [0.25, 0.3) is 0 Å². The van der Waals surface area contributed by atoms with Crippen molar-refractivity contribution in [3.8, 4) is 0 Å². The Morgan fingerprint density at radius 3 is 1.90 bits per heavy atom. The van der Waals surface area contributed by atoms with E-state index in [1.807, 2.05) is 0 Å². The van der Waals surface area contributed by atoms with Crippen LogP contribution in [0.15, 0.2) is 0 Å². The van der Waals surface area contributed by atoms with Crippen molar-refractivity contribution in [1.82, 2.24) is 5.32 Å². The number of carbonyl (C=O) groups is 1. The van der Waals surface area contributed by atoms with Crippen molar-refractivity contribution in [2.45, 2.75) is 127 Å². The van der Waals surface area contributed by atoms with E-state index in [-0.39, 0.29) is 6.42 Å². The number of ether oxygens (including phenoxy) is 1. The van der Waals surface area contributed by atoms with Gasteiger partial charge in [0.1, 0.15) is 24.4 Å². The molecule has 0 aromatic heterocycles.